The number of hydrogen-bond donors (Lipinski definition) is 1. The Kier molecular flexibility index (Phi) is 3.70. The highest BCUT2D eigenvalue weighted by Gasteiger charge is 2.12. The fraction of sp³-hybridized carbons (Fsp3) is 0.0667. The predicted octanol–water partition coefficient (Wildman–Crippen LogP) is 4.35. The van der Waals surface area contributed by atoms with Gasteiger partial charge in [0.05, 0.1) is 0 Å². The van der Waals surface area contributed by atoms with E-state index in [0.29, 0.717) is 21.8 Å². The van der Waals surface area contributed by atoms with E-state index in [2.05, 4.69) is 31.4 Å². The Hall–Kier alpha value is -2.21. The number of halogens is 2. The molecule has 0 spiro atoms. The summed E-state index contributed by atoms with van der Waals surface area (Å²) in [6, 6.07) is 12.1. The second-order valence-electron chi connectivity index (χ2n) is 4.41. The van der Waals surface area contributed by atoms with E-state index in [1.54, 1.807) is 6.07 Å². The largest absolute Gasteiger partial charge is 0.388 e. The van der Waals surface area contributed by atoms with Gasteiger partial charge in [-0.05, 0) is 42.5 Å². The number of benzene rings is 2. The second kappa shape index (κ2) is 5.65. The van der Waals surface area contributed by atoms with Crippen LogP contribution >= 0.6 is 15.9 Å². The molecule has 0 fully saturated rings. The first-order valence-electron chi connectivity index (χ1n) is 6.24. The number of aromatic nitrogens is 2. The van der Waals surface area contributed by atoms with Crippen LogP contribution in [0, 0.1) is 5.82 Å². The molecule has 0 atom stereocenters. The summed E-state index contributed by atoms with van der Waals surface area (Å²) in [4.78, 5) is 4.30. The van der Waals surface area contributed by atoms with Crippen LogP contribution in [0.25, 0.3) is 22.8 Å². The van der Waals surface area contributed by atoms with E-state index < -0.39 is 0 Å². The van der Waals surface area contributed by atoms with Gasteiger partial charge < -0.3 is 9.84 Å². The maximum Gasteiger partial charge on any atom is 0.258 e. The molecule has 0 unspecified atom stereocenters. The monoisotopic (exact) mass is 347 g/mol. The molecule has 0 saturated heterocycles. The van der Waals surface area contributed by atoms with Crippen molar-refractivity contribution in [2.75, 3.05) is 12.4 Å². The van der Waals surface area contributed by atoms with E-state index in [-0.39, 0.29) is 5.82 Å². The molecule has 3 rings (SSSR count). The van der Waals surface area contributed by atoms with Gasteiger partial charge in [-0.2, -0.15) is 4.98 Å². The SMILES string of the molecule is CNc1ccc(-c2nc(-c3cc(F)cc(Br)c3)no2)cc1. The third-order valence-electron chi connectivity index (χ3n) is 2.97. The van der Waals surface area contributed by atoms with Crippen molar-refractivity contribution in [2.45, 2.75) is 0 Å². The maximum absolute atomic E-state index is 13.4. The van der Waals surface area contributed by atoms with E-state index in [4.69, 9.17) is 4.52 Å². The summed E-state index contributed by atoms with van der Waals surface area (Å²) in [5.74, 6) is 0.389. The summed E-state index contributed by atoms with van der Waals surface area (Å²) in [6.45, 7) is 0. The fourth-order valence-electron chi connectivity index (χ4n) is 1.92. The Balaban J connectivity index is 1.95. The topological polar surface area (TPSA) is 51.0 Å². The summed E-state index contributed by atoms with van der Waals surface area (Å²) in [5, 5.41) is 6.93. The lowest BCUT2D eigenvalue weighted by molar-refractivity contribution is 0.432. The first-order chi connectivity index (χ1) is 10.2. The Morgan fingerprint density at radius 3 is 2.52 bits per heavy atom. The van der Waals surface area contributed by atoms with Gasteiger partial charge in [0.15, 0.2) is 0 Å². The first-order valence-corrected chi connectivity index (χ1v) is 7.03. The van der Waals surface area contributed by atoms with Crippen molar-refractivity contribution < 1.29 is 8.91 Å². The third-order valence-corrected chi connectivity index (χ3v) is 3.43. The lowest BCUT2D eigenvalue weighted by atomic mass is 10.2. The number of nitrogens with zero attached hydrogens (tertiary/aromatic N) is 2. The van der Waals surface area contributed by atoms with Gasteiger partial charge in [-0.25, -0.2) is 4.39 Å². The zero-order valence-corrected chi connectivity index (χ0v) is 12.7. The highest BCUT2D eigenvalue weighted by molar-refractivity contribution is 9.10. The molecule has 106 valence electrons. The zero-order valence-electron chi connectivity index (χ0n) is 11.1. The number of anilines is 1. The summed E-state index contributed by atoms with van der Waals surface area (Å²) >= 11 is 3.24. The van der Waals surface area contributed by atoms with Crippen molar-refractivity contribution >= 4 is 21.6 Å². The van der Waals surface area contributed by atoms with Gasteiger partial charge in [-0.15, -0.1) is 0 Å². The molecular formula is C15H11BrFN3O. The molecule has 3 aromatic rings. The average Bonchev–Trinajstić information content (AvgIpc) is 2.96. The Morgan fingerprint density at radius 2 is 1.86 bits per heavy atom. The van der Waals surface area contributed by atoms with E-state index in [1.807, 2.05) is 31.3 Å². The number of rotatable bonds is 3. The van der Waals surface area contributed by atoms with Gasteiger partial charge in [-0.1, -0.05) is 21.1 Å². The molecule has 0 aliphatic heterocycles. The standard InChI is InChI=1S/C15H11BrFN3O/c1-18-13-4-2-9(3-5-13)15-19-14(20-21-15)10-6-11(16)8-12(17)7-10/h2-8,18H,1H3. The normalized spacial score (nSPS) is 10.6. The fourth-order valence-corrected chi connectivity index (χ4v) is 2.39. The van der Waals surface area contributed by atoms with Crippen LogP contribution < -0.4 is 5.32 Å². The molecule has 6 heteroatoms. The van der Waals surface area contributed by atoms with Crippen molar-refractivity contribution in [3.8, 4) is 22.8 Å². The molecule has 0 radical (unpaired) electrons. The molecular weight excluding hydrogens is 337 g/mol. The zero-order chi connectivity index (χ0) is 14.8. The summed E-state index contributed by atoms with van der Waals surface area (Å²) in [7, 11) is 1.85. The minimum absolute atomic E-state index is 0.350. The van der Waals surface area contributed by atoms with E-state index in [9.17, 15) is 4.39 Å². The van der Waals surface area contributed by atoms with Gasteiger partial charge in [0.25, 0.3) is 5.89 Å². The van der Waals surface area contributed by atoms with Crippen molar-refractivity contribution in [3.63, 3.8) is 0 Å². The van der Waals surface area contributed by atoms with Crippen molar-refractivity contribution in [3.05, 3.63) is 52.8 Å². The molecule has 0 aliphatic carbocycles. The molecule has 1 heterocycles. The molecule has 1 aromatic heterocycles. The molecule has 0 saturated carbocycles. The van der Waals surface area contributed by atoms with Crippen molar-refractivity contribution in [2.24, 2.45) is 0 Å². The van der Waals surface area contributed by atoms with E-state index >= 15 is 0 Å². The van der Waals surface area contributed by atoms with Crippen molar-refractivity contribution in [1.82, 2.24) is 10.1 Å². The Bertz CT molecular complexity index is 751. The molecule has 1 N–H and O–H groups in total. The highest BCUT2D eigenvalue weighted by Crippen LogP contribution is 2.26. The van der Waals surface area contributed by atoms with Crippen LogP contribution in [0.3, 0.4) is 0 Å². The molecule has 21 heavy (non-hydrogen) atoms. The average molecular weight is 348 g/mol. The maximum atomic E-state index is 13.4. The Morgan fingerprint density at radius 1 is 1.10 bits per heavy atom. The molecule has 2 aromatic carbocycles. The minimum atomic E-state index is -0.357. The van der Waals surface area contributed by atoms with Crippen LogP contribution in [0.2, 0.25) is 0 Å². The predicted molar refractivity (Wildman–Crippen MR) is 82.4 cm³/mol. The van der Waals surface area contributed by atoms with E-state index in [0.717, 1.165) is 11.3 Å². The second-order valence-corrected chi connectivity index (χ2v) is 5.32. The van der Waals surface area contributed by atoms with Crippen LogP contribution in [0.1, 0.15) is 0 Å². The van der Waals surface area contributed by atoms with Crippen LogP contribution in [0.5, 0.6) is 0 Å². The number of nitrogens with one attached hydrogen (secondary N) is 1. The van der Waals surface area contributed by atoms with Crippen LogP contribution in [-0.2, 0) is 0 Å². The number of hydrogen-bond acceptors (Lipinski definition) is 4. The van der Waals surface area contributed by atoms with E-state index in [1.165, 1.54) is 12.1 Å². The van der Waals surface area contributed by atoms with Gasteiger partial charge in [0.2, 0.25) is 5.82 Å². The van der Waals surface area contributed by atoms with Gasteiger partial charge in [-0.3, -0.25) is 0 Å². The van der Waals surface area contributed by atoms with Gasteiger partial charge >= 0.3 is 0 Å². The smallest absolute Gasteiger partial charge is 0.258 e. The molecule has 4 nitrogen and oxygen atoms in total. The summed E-state index contributed by atoms with van der Waals surface area (Å²) in [6.07, 6.45) is 0. The van der Waals surface area contributed by atoms with Gasteiger partial charge in [0.1, 0.15) is 5.82 Å². The summed E-state index contributed by atoms with van der Waals surface area (Å²) in [5.41, 5.74) is 2.36. The quantitative estimate of drug-likeness (QED) is 0.765. The lowest BCUT2D eigenvalue weighted by Gasteiger charge is -1.99. The highest BCUT2D eigenvalue weighted by atomic mass is 79.9. The first kappa shape index (κ1) is 13.8. The molecule has 0 amide bonds. The lowest BCUT2D eigenvalue weighted by Crippen LogP contribution is -1.87. The minimum Gasteiger partial charge on any atom is -0.388 e. The van der Waals surface area contributed by atoms with Gasteiger partial charge in [0, 0.05) is 28.3 Å². The van der Waals surface area contributed by atoms with Crippen LogP contribution in [0.4, 0.5) is 10.1 Å². The Labute approximate surface area is 129 Å². The summed E-state index contributed by atoms with van der Waals surface area (Å²) < 4.78 is 19.3. The molecule has 0 bridgehead atoms. The third kappa shape index (κ3) is 2.95. The van der Waals surface area contributed by atoms with Crippen LogP contribution in [0.15, 0.2) is 51.5 Å². The van der Waals surface area contributed by atoms with Crippen LogP contribution in [-0.4, -0.2) is 17.2 Å². The van der Waals surface area contributed by atoms with Crippen molar-refractivity contribution in [1.29, 1.82) is 0 Å². The molecule has 0 aliphatic rings.